The van der Waals surface area contributed by atoms with E-state index in [-0.39, 0.29) is 0 Å². The van der Waals surface area contributed by atoms with Gasteiger partial charge in [-0.05, 0) is 0 Å². The zero-order valence-corrected chi connectivity index (χ0v) is 7.49. The van der Waals surface area contributed by atoms with Crippen LogP contribution in [0.5, 0.6) is 0 Å². The topological polar surface area (TPSA) is 132 Å². The number of aliphatic hydroxyl groups is 2. The summed E-state index contributed by atoms with van der Waals surface area (Å²) in [6.07, 6.45) is 0. The van der Waals surface area contributed by atoms with Crippen LogP contribution in [-0.2, 0) is 33.3 Å². The zero-order chi connectivity index (χ0) is 10.6. The standard InChI is InChI=1S/2C2H4O3.O.Ti/c2*3-1-2(4)5;;/h2*3H,1H2,(H,4,5);;. The van der Waals surface area contributed by atoms with Gasteiger partial charge in [-0.2, -0.15) is 0 Å². The molecular formula is C4H8O7Ti. The van der Waals surface area contributed by atoms with Gasteiger partial charge in [0.05, 0.1) is 0 Å². The molecule has 4 N–H and O–H groups in total. The van der Waals surface area contributed by atoms with Crippen LogP contribution >= 0.6 is 0 Å². The Labute approximate surface area is 79.4 Å². The molecular weight excluding hydrogens is 208 g/mol. The Morgan fingerprint density at radius 3 is 1.00 bits per heavy atom. The second-order valence-electron chi connectivity index (χ2n) is 1.10. The average Bonchev–Trinajstić information content (AvgIpc) is 2.09. The minimum atomic E-state index is -1.19. The maximum atomic E-state index is 9.12. The summed E-state index contributed by atoms with van der Waals surface area (Å²) in [5.74, 6) is -2.38. The molecule has 12 heavy (non-hydrogen) atoms. The van der Waals surface area contributed by atoms with Gasteiger partial charge in [-0.3, -0.25) is 0 Å². The van der Waals surface area contributed by atoms with Crippen molar-refractivity contribution in [3.8, 4) is 0 Å². The third kappa shape index (κ3) is 57.7. The van der Waals surface area contributed by atoms with Crippen molar-refractivity contribution in [2.24, 2.45) is 0 Å². The summed E-state index contributed by atoms with van der Waals surface area (Å²) in [6.45, 7) is -1.56. The molecule has 8 heteroatoms. The van der Waals surface area contributed by atoms with Crippen molar-refractivity contribution in [1.82, 2.24) is 0 Å². The molecule has 0 unspecified atom stereocenters. The first-order chi connectivity index (χ1) is 5.54. The van der Waals surface area contributed by atoms with Crippen LogP contribution in [0.2, 0.25) is 0 Å². The van der Waals surface area contributed by atoms with Crippen LogP contribution in [0.15, 0.2) is 0 Å². The summed E-state index contributed by atoms with van der Waals surface area (Å²) in [7, 11) is 0. The van der Waals surface area contributed by atoms with Crippen molar-refractivity contribution >= 4 is 11.9 Å². The molecule has 0 atom stereocenters. The molecule has 0 heterocycles. The van der Waals surface area contributed by atoms with Crippen molar-refractivity contribution < 1.29 is 53.7 Å². The average molecular weight is 216 g/mol. The van der Waals surface area contributed by atoms with Crippen LogP contribution in [0.3, 0.4) is 0 Å². The van der Waals surface area contributed by atoms with E-state index in [0.29, 0.717) is 0 Å². The van der Waals surface area contributed by atoms with Gasteiger partial charge in [0.2, 0.25) is 0 Å². The molecule has 7 nitrogen and oxygen atoms in total. The number of carboxylic acids is 2. The molecule has 0 aromatic carbocycles. The second kappa shape index (κ2) is 16.8. The van der Waals surface area contributed by atoms with Crippen molar-refractivity contribution in [1.29, 1.82) is 0 Å². The predicted molar refractivity (Wildman–Crippen MR) is 30.1 cm³/mol. The fourth-order valence-corrected chi connectivity index (χ4v) is 0. The van der Waals surface area contributed by atoms with Crippen LogP contribution in [0.1, 0.15) is 0 Å². The van der Waals surface area contributed by atoms with Gasteiger partial charge in [0, 0.05) is 0 Å². The van der Waals surface area contributed by atoms with E-state index in [9.17, 15) is 0 Å². The van der Waals surface area contributed by atoms with Crippen LogP contribution in [0, 0.1) is 0 Å². The van der Waals surface area contributed by atoms with Crippen LogP contribution < -0.4 is 0 Å². The number of aliphatic hydroxyl groups excluding tert-OH is 2. The van der Waals surface area contributed by atoms with Crippen molar-refractivity contribution in [3.05, 3.63) is 0 Å². The van der Waals surface area contributed by atoms with Crippen molar-refractivity contribution in [3.63, 3.8) is 0 Å². The Morgan fingerprint density at radius 2 is 1.00 bits per heavy atom. The Hall–Kier alpha value is -0.626. The molecule has 0 aliphatic heterocycles. The first kappa shape index (κ1) is 17.5. The van der Waals surface area contributed by atoms with Crippen molar-refractivity contribution in [2.45, 2.75) is 0 Å². The van der Waals surface area contributed by atoms with Gasteiger partial charge in [-0.15, -0.1) is 0 Å². The van der Waals surface area contributed by atoms with Gasteiger partial charge in [0.1, 0.15) is 13.2 Å². The van der Waals surface area contributed by atoms with E-state index < -0.39 is 25.2 Å². The summed E-state index contributed by atoms with van der Waals surface area (Å²) < 4.78 is 8.25. The molecule has 0 aliphatic rings. The van der Waals surface area contributed by atoms with E-state index >= 15 is 0 Å². The van der Waals surface area contributed by atoms with Gasteiger partial charge in [0.25, 0.3) is 0 Å². The van der Waals surface area contributed by atoms with Crippen LogP contribution in [-0.4, -0.2) is 45.6 Å². The Morgan fingerprint density at radius 1 is 0.917 bits per heavy atom. The monoisotopic (exact) mass is 216 g/mol. The van der Waals surface area contributed by atoms with Crippen LogP contribution in [0.25, 0.3) is 0 Å². The summed E-state index contributed by atoms with van der Waals surface area (Å²) in [5, 5.41) is 30.0. The number of aliphatic carboxylic acids is 2. The van der Waals surface area contributed by atoms with Gasteiger partial charge in [-0.25, -0.2) is 9.59 Å². The van der Waals surface area contributed by atoms with E-state index in [1.54, 1.807) is 0 Å². The molecule has 0 saturated carbocycles. The number of hydrogen-bond donors (Lipinski definition) is 4. The van der Waals surface area contributed by atoms with Gasteiger partial charge < -0.3 is 20.4 Å². The van der Waals surface area contributed by atoms with E-state index in [0.717, 1.165) is 20.4 Å². The number of carbonyl (C=O) groups is 2. The number of hydrogen-bond acceptors (Lipinski definition) is 5. The zero-order valence-electron chi connectivity index (χ0n) is 5.93. The van der Waals surface area contributed by atoms with E-state index in [2.05, 4.69) is 0 Å². The minimum absolute atomic E-state index is 0.750. The molecule has 0 saturated heterocycles. The number of carboxylic acid groups (broad SMARTS) is 2. The molecule has 0 aromatic heterocycles. The Bertz CT molecular complexity index is 111. The molecule has 0 aliphatic carbocycles. The molecule has 0 amide bonds. The van der Waals surface area contributed by atoms with E-state index in [1.165, 1.54) is 0 Å². The normalized spacial score (nSPS) is 6.42. The summed E-state index contributed by atoms with van der Waals surface area (Å²) in [5.41, 5.74) is 0. The molecule has 70 valence electrons. The van der Waals surface area contributed by atoms with Gasteiger partial charge >= 0.3 is 35.7 Å². The third-order valence-corrected chi connectivity index (χ3v) is 0.271. The maximum absolute atomic E-state index is 9.12. The van der Waals surface area contributed by atoms with Gasteiger partial charge in [0.15, 0.2) is 0 Å². The van der Waals surface area contributed by atoms with E-state index in [4.69, 9.17) is 33.3 Å². The Kier molecular flexibility index (Phi) is 24.4. The molecule has 0 fully saturated rings. The molecule has 0 radical (unpaired) electrons. The fraction of sp³-hybridized carbons (Fsp3) is 0.500. The van der Waals surface area contributed by atoms with Gasteiger partial charge in [-0.1, -0.05) is 0 Å². The van der Waals surface area contributed by atoms with E-state index in [1.807, 2.05) is 0 Å². The third-order valence-electron chi connectivity index (χ3n) is 0.271. The molecule has 0 rings (SSSR count). The fourth-order valence-electron chi connectivity index (χ4n) is 0. The van der Waals surface area contributed by atoms with Crippen molar-refractivity contribution in [2.75, 3.05) is 13.2 Å². The summed E-state index contributed by atoms with van der Waals surface area (Å²) in [6, 6.07) is 0. The summed E-state index contributed by atoms with van der Waals surface area (Å²) in [4.78, 5) is 18.2. The summed E-state index contributed by atoms with van der Waals surface area (Å²) >= 11 is 0.750. The first-order valence-corrected chi connectivity index (χ1v) is 3.04. The van der Waals surface area contributed by atoms with Crippen LogP contribution in [0.4, 0.5) is 0 Å². The molecule has 0 spiro atoms. The quantitative estimate of drug-likeness (QED) is 0.392. The first-order valence-electron chi connectivity index (χ1n) is 2.40. The second-order valence-corrected chi connectivity index (χ2v) is 1.10. The molecule has 0 aromatic rings. The Balaban J connectivity index is -0.000000112. The SMILES string of the molecule is O=C(O)CO.O=C(O)CO.[O]=[Ti]. The number of rotatable bonds is 2. The molecule has 0 bridgehead atoms. The predicted octanol–water partition coefficient (Wildman–Crippen LogP) is -1.99.